The van der Waals surface area contributed by atoms with Gasteiger partial charge >= 0.3 is 0 Å². The molecule has 2 aromatic rings. The third kappa shape index (κ3) is 0.932. The molecular formula is C10H10N2O. The van der Waals surface area contributed by atoms with Gasteiger partial charge in [0.2, 0.25) is 0 Å². The zero-order chi connectivity index (χ0) is 8.67. The van der Waals surface area contributed by atoms with Crippen LogP contribution in [0.5, 0.6) is 5.75 Å². The first-order chi connectivity index (χ1) is 6.45. The monoisotopic (exact) mass is 174 g/mol. The number of ether oxygens (including phenoxy) is 1. The van der Waals surface area contributed by atoms with Crippen LogP contribution >= 0.6 is 0 Å². The number of benzene rings is 1. The lowest BCUT2D eigenvalue weighted by molar-refractivity contribution is 0.289. The molecule has 2 heterocycles. The third-order valence-corrected chi connectivity index (χ3v) is 2.52. The molecule has 1 aliphatic heterocycles. The first kappa shape index (κ1) is 6.95. The van der Waals surface area contributed by atoms with E-state index in [1.54, 1.807) is 0 Å². The Morgan fingerprint density at radius 1 is 1.38 bits per heavy atom. The summed E-state index contributed by atoms with van der Waals surface area (Å²) in [4.78, 5) is 0. The van der Waals surface area contributed by atoms with Crippen molar-refractivity contribution in [2.24, 2.45) is 0 Å². The highest BCUT2D eigenvalue weighted by atomic mass is 16.5. The number of hydrogen-bond acceptors (Lipinski definition) is 2. The molecule has 1 aromatic carbocycles. The molecule has 3 nitrogen and oxygen atoms in total. The van der Waals surface area contributed by atoms with E-state index in [0.29, 0.717) is 0 Å². The highest BCUT2D eigenvalue weighted by Gasteiger charge is 2.13. The zero-order valence-electron chi connectivity index (χ0n) is 7.21. The van der Waals surface area contributed by atoms with E-state index in [9.17, 15) is 0 Å². The molecule has 0 bridgehead atoms. The summed E-state index contributed by atoms with van der Waals surface area (Å²) in [5, 5.41) is 8.20. The summed E-state index contributed by atoms with van der Waals surface area (Å²) < 4.78 is 5.56. The number of aryl methyl sites for hydroxylation is 1. The van der Waals surface area contributed by atoms with Crippen LogP contribution in [0.3, 0.4) is 0 Å². The molecule has 1 aliphatic rings. The Morgan fingerprint density at radius 3 is 3.38 bits per heavy atom. The molecule has 0 saturated carbocycles. The van der Waals surface area contributed by atoms with Gasteiger partial charge in [-0.15, -0.1) is 0 Å². The van der Waals surface area contributed by atoms with Crippen LogP contribution in [0.4, 0.5) is 0 Å². The number of aromatic amines is 1. The molecule has 66 valence electrons. The van der Waals surface area contributed by atoms with Gasteiger partial charge in [0.25, 0.3) is 0 Å². The second kappa shape index (κ2) is 2.49. The third-order valence-electron chi connectivity index (χ3n) is 2.52. The van der Waals surface area contributed by atoms with Gasteiger partial charge in [0.15, 0.2) is 0 Å². The maximum atomic E-state index is 5.56. The molecule has 0 atom stereocenters. The molecule has 0 aliphatic carbocycles. The van der Waals surface area contributed by atoms with Gasteiger partial charge < -0.3 is 4.74 Å². The van der Waals surface area contributed by atoms with Gasteiger partial charge in [-0.05, 0) is 25.0 Å². The summed E-state index contributed by atoms with van der Waals surface area (Å²) in [5.74, 6) is 1.03. The first-order valence-corrected chi connectivity index (χ1v) is 4.53. The van der Waals surface area contributed by atoms with Gasteiger partial charge in [0.05, 0.1) is 18.3 Å². The van der Waals surface area contributed by atoms with Crippen molar-refractivity contribution in [2.75, 3.05) is 6.61 Å². The van der Waals surface area contributed by atoms with Crippen molar-refractivity contribution < 1.29 is 4.74 Å². The van der Waals surface area contributed by atoms with Crippen LogP contribution < -0.4 is 4.74 Å². The SMILES string of the molecule is c1cc2[nH]ncc2c2c1OCCC2. The average Bonchev–Trinajstić information content (AvgIpc) is 2.65. The summed E-state index contributed by atoms with van der Waals surface area (Å²) in [6.45, 7) is 0.844. The molecule has 0 spiro atoms. The van der Waals surface area contributed by atoms with Crippen molar-refractivity contribution >= 4 is 10.9 Å². The summed E-state index contributed by atoms with van der Waals surface area (Å²) in [6.07, 6.45) is 4.09. The maximum Gasteiger partial charge on any atom is 0.123 e. The smallest absolute Gasteiger partial charge is 0.123 e. The Labute approximate surface area is 75.7 Å². The Hall–Kier alpha value is -1.51. The van der Waals surface area contributed by atoms with Crippen molar-refractivity contribution in [3.05, 3.63) is 23.9 Å². The number of rotatable bonds is 0. The van der Waals surface area contributed by atoms with Gasteiger partial charge in [-0.25, -0.2) is 0 Å². The average molecular weight is 174 g/mol. The van der Waals surface area contributed by atoms with E-state index < -0.39 is 0 Å². The molecular weight excluding hydrogens is 164 g/mol. The quantitative estimate of drug-likeness (QED) is 0.662. The lowest BCUT2D eigenvalue weighted by Gasteiger charge is -2.17. The van der Waals surface area contributed by atoms with Crippen LogP contribution in [0, 0.1) is 0 Å². The molecule has 0 amide bonds. The minimum atomic E-state index is 0.844. The van der Waals surface area contributed by atoms with Gasteiger partial charge in [0.1, 0.15) is 5.75 Å². The highest BCUT2D eigenvalue weighted by molar-refractivity contribution is 5.84. The van der Waals surface area contributed by atoms with Gasteiger partial charge in [-0.3, -0.25) is 5.10 Å². The Kier molecular flexibility index (Phi) is 1.33. The van der Waals surface area contributed by atoms with Crippen LogP contribution in [0.1, 0.15) is 12.0 Å². The second-order valence-corrected chi connectivity index (χ2v) is 3.33. The molecule has 0 radical (unpaired) electrons. The fourth-order valence-electron chi connectivity index (χ4n) is 1.88. The number of aromatic nitrogens is 2. The normalized spacial score (nSPS) is 15.4. The van der Waals surface area contributed by atoms with Gasteiger partial charge in [0, 0.05) is 10.9 Å². The molecule has 13 heavy (non-hydrogen) atoms. The summed E-state index contributed by atoms with van der Waals surface area (Å²) in [5.41, 5.74) is 2.40. The molecule has 0 fully saturated rings. The fourth-order valence-corrected chi connectivity index (χ4v) is 1.88. The topological polar surface area (TPSA) is 37.9 Å². The van der Waals surface area contributed by atoms with E-state index in [0.717, 1.165) is 30.7 Å². The van der Waals surface area contributed by atoms with E-state index in [-0.39, 0.29) is 0 Å². The first-order valence-electron chi connectivity index (χ1n) is 4.53. The van der Waals surface area contributed by atoms with Crippen molar-refractivity contribution in [1.29, 1.82) is 0 Å². The number of nitrogens with zero attached hydrogens (tertiary/aromatic N) is 1. The molecule has 0 saturated heterocycles. The van der Waals surface area contributed by atoms with Crippen LogP contribution in [0.25, 0.3) is 10.9 Å². The number of nitrogens with one attached hydrogen (secondary N) is 1. The van der Waals surface area contributed by atoms with Crippen LogP contribution in [-0.2, 0) is 6.42 Å². The van der Waals surface area contributed by atoms with Crippen LogP contribution in [0.2, 0.25) is 0 Å². The lowest BCUT2D eigenvalue weighted by Crippen LogP contribution is -2.08. The Bertz CT molecular complexity index is 447. The van der Waals surface area contributed by atoms with Crippen molar-refractivity contribution in [3.8, 4) is 5.75 Å². The highest BCUT2D eigenvalue weighted by Crippen LogP contribution is 2.30. The maximum absolute atomic E-state index is 5.56. The lowest BCUT2D eigenvalue weighted by atomic mass is 10.0. The predicted octanol–water partition coefficient (Wildman–Crippen LogP) is 1.89. The van der Waals surface area contributed by atoms with E-state index in [1.165, 1.54) is 10.9 Å². The minimum absolute atomic E-state index is 0.844. The predicted molar refractivity (Wildman–Crippen MR) is 49.9 cm³/mol. The van der Waals surface area contributed by atoms with Crippen molar-refractivity contribution in [2.45, 2.75) is 12.8 Å². The van der Waals surface area contributed by atoms with Crippen LogP contribution in [-0.4, -0.2) is 16.8 Å². The van der Waals surface area contributed by atoms with Gasteiger partial charge in [-0.2, -0.15) is 5.10 Å². The Morgan fingerprint density at radius 2 is 2.38 bits per heavy atom. The summed E-state index contributed by atoms with van der Waals surface area (Å²) >= 11 is 0. The largest absolute Gasteiger partial charge is 0.493 e. The van der Waals surface area contributed by atoms with E-state index in [2.05, 4.69) is 10.2 Å². The fraction of sp³-hybridized carbons (Fsp3) is 0.300. The molecule has 3 rings (SSSR count). The number of hydrogen-bond donors (Lipinski definition) is 1. The van der Waals surface area contributed by atoms with Crippen molar-refractivity contribution in [3.63, 3.8) is 0 Å². The molecule has 1 aromatic heterocycles. The summed E-state index contributed by atoms with van der Waals surface area (Å²) in [7, 11) is 0. The van der Waals surface area contributed by atoms with E-state index in [4.69, 9.17) is 4.74 Å². The van der Waals surface area contributed by atoms with Crippen LogP contribution in [0.15, 0.2) is 18.3 Å². The molecule has 0 unspecified atom stereocenters. The summed E-state index contributed by atoms with van der Waals surface area (Å²) in [6, 6.07) is 4.04. The molecule has 1 N–H and O–H groups in total. The van der Waals surface area contributed by atoms with E-state index in [1.807, 2.05) is 18.3 Å². The number of fused-ring (bicyclic) bond motifs is 3. The van der Waals surface area contributed by atoms with E-state index >= 15 is 0 Å². The van der Waals surface area contributed by atoms with Gasteiger partial charge in [-0.1, -0.05) is 0 Å². The Balaban J connectivity index is 2.34. The standard InChI is InChI=1S/C10H10N2O/c1-2-7-8-6-11-12-9(8)3-4-10(7)13-5-1/h3-4,6H,1-2,5H2,(H,11,12). The minimum Gasteiger partial charge on any atom is -0.493 e. The molecule has 3 heteroatoms. The zero-order valence-corrected chi connectivity index (χ0v) is 7.21. The van der Waals surface area contributed by atoms with Crippen molar-refractivity contribution in [1.82, 2.24) is 10.2 Å². The number of H-pyrrole nitrogens is 1. The second-order valence-electron chi connectivity index (χ2n) is 3.33.